The van der Waals surface area contributed by atoms with E-state index < -0.39 is 0 Å². The van der Waals surface area contributed by atoms with Crippen LogP contribution in [-0.2, 0) is 13.2 Å². The summed E-state index contributed by atoms with van der Waals surface area (Å²) in [5, 5.41) is 4.89. The monoisotopic (exact) mass is 364 g/mol. The molecule has 0 N–H and O–H groups in total. The zero-order chi connectivity index (χ0) is 18.1. The van der Waals surface area contributed by atoms with Crippen molar-refractivity contribution >= 4 is 12.2 Å². The average Bonchev–Trinajstić information content (AvgIpc) is 3.43. The number of aromatic nitrogens is 3. The highest BCUT2D eigenvalue weighted by Gasteiger charge is 2.30. The first-order chi connectivity index (χ1) is 12.6. The smallest absolute Gasteiger partial charge is 0.203 e. The van der Waals surface area contributed by atoms with E-state index in [0.29, 0.717) is 12.6 Å². The Morgan fingerprint density at radius 3 is 2.46 bits per heavy atom. The van der Waals surface area contributed by atoms with Crippen LogP contribution in [0.25, 0.3) is 5.69 Å². The lowest BCUT2D eigenvalue weighted by molar-refractivity contribution is 0.243. The Hall–Kier alpha value is -2.24. The number of nitrogens with zero attached hydrogens (tertiary/aromatic N) is 4. The van der Waals surface area contributed by atoms with Crippen LogP contribution in [-0.4, -0.2) is 26.3 Å². The summed E-state index contributed by atoms with van der Waals surface area (Å²) < 4.78 is 4.89. The third-order valence-corrected chi connectivity index (χ3v) is 5.29. The maximum atomic E-state index is 5.79. The fraction of sp³-hybridized carbons (Fsp3) is 0.333. The minimum Gasteiger partial charge on any atom is -0.283 e. The van der Waals surface area contributed by atoms with Crippen LogP contribution in [0, 0.1) is 11.7 Å². The maximum Gasteiger partial charge on any atom is 0.203 e. The SMILES string of the molecule is Cc1ccccc1CN(C)Cn1nc(C2CC2)n(-c2ccccc2)c1=S. The van der Waals surface area contributed by atoms with E-state index in [1.807, 2.05) is 10.7 Å². The summed E-state index contributed by atoms with van der Waals surface area (Å²) in [5.41, 5.74) is 3.76. The Morgan fingerprint density at radius 1 is 1.08 bits per heavy atom. The van der Waals surface area contributed by atoms with Crippen molar-refractivity contribution in [1.82, 2.24) is 19.2 Å². The van der Waals surface area contributed by atoms with Gasteiger partial charge in [0.25, 0.3) is 0 Å². The van der Waals surface area contributed by atoms with E-state index in [9.17, 15) is 0 Å². The molecule has 0 saturated heterocycles. The minimum atomic E-state index is 0.542. The summed E-state index contributed by atoms with van der Waals surface area (Å²) in [4.78, 5) is 2.26. The van der Waals surface area contributed by atoms with Gasteiger partial charge in [0.05, 0.1) is 6.67 Å². The maximum absolute atomic E-state index is 5.79. The Balaban J connectivity index is 1.61. The van der Waals surface area contributed by atoms with Crippen molar-refractivity contribution in [2.24, 2.45) is 0 Å². The van der Waals surface area contributed by atoms with Crippen molar-refractivity contribution in [2.75, 3.05) is 7.05 Å². The minimum absolute atomic E-state index is 0.542. The molecule has 0 spiro atoms. The van der Waals surface area contributed by atoms with Gasteiger partial charge in [0.1, 0.15) is 5.82 Å². The molecule has 1 heterocycles. The van der Waals surface area contributed by atoms with Crippen LogP contribution in [0.15, 0.2) is 54.6 Å². The van der Waals surface area contributed by atoms with Crippen molar-refractivity contribution in [3.05, 3.63) is 76.3 Å². The lowest BCUT2D eigenvalue weighted by atomic mass is 10.1. The van der Waals surface area contributed by atoms with Crippen molar-refractivity contribution in [3.8, 4) is 5.69 Å². The summed E-state index contributed by atoms with van der Waals surface area (Å²) in [5.74, 6) is 1.64. The van der Waals surface area contributed by atoms with Crippen molar-refractivity contribution in [3.63, 3.8) is 0 Å². The summed E-state index contributed by atoms with van der Waals surface area (Å²) in [7, 11) is 2.12. The fourth-order valence-electron chi connectivity index (χ4n) is 3.30. The lowest BCUT2D eigenvalue weighted by Crippen LogP contribution is -2.23. The number of hydrogen-bond acceptors (Lipinski definition) is 3. The van der Waals surface area contributed by atoms with Gasteiger partial charge in [-0.15, -0.1) is 0 Å². The first kappa shape index (κ1) is 17.2. The standard InChI is InChI=1S/C21H24N4S/c1-16-8-6-7-9-18(16)14-23(2)15-24-21(26)25(19-10-4-3-5-11-19)20(22-24)17-12-13-17/h3-11,17H,12-15H2,1-2H3. The number of aryl methyl sites for hydroxylation is 1. The van der Waals surface area contributed by atoms with Gasteiger partial charge in [-0.05, 0) is 62.3 Å². The molecule has 0 aliphatic heterocycles. The Bertz CT molecular complexity index is 954. The second kappa shape index (κ2) is 7.17. The van der Waals surface area contributed by atoms with Crippen molar-refractivity contribution in [1.29, 1.82) is 0 Å². The van der Waals surface area contributed by atoms with Crippen LogP contribution in [0.4, 0.5) is 0 Å². The molecule has 1 saturated carbocycles. The van der Waals surface area contributed by atoms with E-state index in [1.165, 1.54) is 24.0 Å². The molecule has 1 fully saturated rings. The highest BCUT2D eigenvalue weighted by atomic mass is 32.1. The molecule has 1 aromatic heterocycles. The second-order valence-electron chi connectivity index (χ2n) is 7.17. The summed E-state index contributed by atoms with van der Waals surface area (Å²) >= 11 is 5.79. The highest BCUT2D eigenvalue weighted by molar-refractivity contribution is 7.71. The number of para-hydroxylation sites is 1. The molecule has 0 unspecified atom stereocenters. The van der Waals surface area contributed by atoms with Crippen LogP contribution in [0.5, 0.6) is 0 Å². The van der Waals surface area contributed by atoms with Gasteiger partial charge in [0.2, 0.25) is 4.77 Å². The van der Waals surface area contributed by atoms with Gasteiger partial charge >= 0.3 is 0 Å². The molecule has 0 bridgehead atoms. The van der Waals surface area contributed by atoms with Crippen LogP contribution in [0.1, 0.15) is 35.7 Å². The largest absolute Gasteiger partial charge is 0.283 e. The van der Waals surface area contributed by atoms with E-state index in [2.05, 4.69) is 72.0 Å². The molecule has 4 nitrogen and oxygen atoms in total. The first-order valence-corrected chi connectivity index (χ1v) is 9.52. The van der Waals surface area contributed by atoms with Gasteiger partial charge in [-0.25, -0.2) is 4.68 Å². The molecular weight excluding hydrogens is 340 g/mol. The van der Waals surface area contributed by atoms with Crippen LogP contribution >= 0.6 is 12.2 Å². The highest BCUT2D eigenvalue weighted by Crippen LogP contribution is 2.40. The zero-order valence-corrected chi connectivity index (χ0v) is 16.1. The van der Waals surface area contributed by atoms with Gasteiger partial charge in [0, 0.05) is 18.2 Å². The van der Waals surface area contributed by atoms with Gasteiger partial charge in [-0.1, -0.05) is 42.5 Å². The van der Waals surface area contributed by atoms with Gasteiger partial charge in [-0.3, -0.25) is 9.47 Å². The normalized spacial score (nSPS) is 14.1. The predicted octanol–water partition coefficient (Wildman–Crippen LogP) is 4.68. The third-order valence-electron chi connectivity index (χ3n) is 4.90. The van der Waals surface area contributed by atoms with Crippen LogP contribution < -0.4 is 0 Å². The van der Waals surface area contributed by atoms with E-state index in [1.54, 1.807) is 0 Å². The third kappa shape index (κ3) is 3.50. The predicted molar refractivity (Wildman–Crippen MR) is 107 cm³/mol. The second-order valence-corrected chi connectivity index (χ2v) is 7.53. The molecule has 3 aromatic rings. The topological polar surface area (TPSA) is 26.0 Å². The number of hydrogen-bond donors (Lipinski definition) is 0. The van der Waals surface area contributed by atoms with E-state index >= 15 is 0 Å². The van der Waals surface area contributed by atoms with E-state index in [-0.39, 0.29) is 0 Å². The number of rotatable bonds is 6. The van der Waals surface area contributed by atoms with Gasteiger partial charge in [-0.2, -0.15) is 5.10 Å². The molecule has 5 heteroatoms. The summed E-state index contributed by atoms with van der Waals surface area (Å²) in [6.07, 6.45) is 2.41. The molecule has 4 rings (SSSR count). The molecule has 1 aliphatic carbocycles. The van der Waals surface area contributed by atoms with Crippen molar-refractivity contribution in [2.45, 2.75) is 38.9 Å². The van der Waals surface area contributed by atoms with Crippen LogP contribution in [0.2, 0.25) is 0 Å². The molecule has 2 aromatic carbocycles. The van der Waals surface area contributed by atoms with Crippen molar-refractivity contribution < 1.29 is 0 Å². The molecule has 0 amide bonds. The molecular formula is C21H24N4S. The number of benzene rings is 2. The zero-order valence-electron chi connectivity index (χ0n) is 15.3. The van der Waals surface area contributed by atoms with Gasteiger partial charge < -0.3 is 0 Å². The van der Waals surface area contributed by atoms with Gasteiger partial charge in [0.15, 0.2) is 0 Å². The first-order valence-electron chi connectivity index (χ1n) is 9.11. The molecule has 0 atom stereocenters. The quantitative estimate of drug-likeness (QED) is 0.594. The lowest BCUT2D eigenvalue weighted by Gasteiger charge is -2.17. The van der Waals surface area contributed by atoms with Crippen LogP contribution in [0.3, 0.4) is 0 Å². The average molecular weight is 365 g/mol. The van der Waals surface area contributed by atoms with E-state index in [0.717, 1.165) is 22.8 Å². The Kier molecular flexibility index (Phi) is 4.74. The molecule has 0 radical (unpaired) electrons. The molecule has 1 aliphatic rings. The Labute approximate surface area is 159 Å². The van der Waals surface area contributed by atoms with E-state index in [4.69, 9.17) is 17.3 Å². The Morgan fingerprint density at radius 2 is 1.77 bits per heavy atom. The molecule has 134 valence electrons. The summed E-state index contributed by atoms with van der Waals surface area (Å²) in [6, 6.07) is 18.9. The molecule has 26 heavy (non-hydrogen) atoms. The summed E-state index contributed by atoms with van der Waals surface area (Å²) in [6.45, 7) is 3.72. The fourth-order valence-corrected chi connectivity index (χ4v) is 3.60.